The van der Waals surface area contributed by atoms with E-state index in [0.717, 1.165) is 39.9 Å². The molecule has 2 atom stereocenters. The lowest BCUT2D eigenvalue weighted by Crippen LogP contribution is -2.47. The van der Waals surface area contributed by atoms with Crippen molar-refractivity contribution in [3.63, 3.8) is 0 Å². The number of carbonyl (C=O) groups is 3. The van der Waals surface area contributed by atoms with Gasteiger partial charge in [0.1, 0.15) is 17.9 Å². The number of benzene rings is 2. The zero-order chi connectivity index (χ0) is 23.2. The van der Waals surface area contributed by atoms with Gasteiger partial charge in [0.25, 0.3) is 5.91 Å². The van der Waals surface area contributed by atoms with Crippen LogP contribution in [0.2, 0.25) is 0 Å². The fraction of sp³-hybridized carbons (Fsp3) is 0.360. The van der Waals surface area contributed by atoms with Gasteiger partial charge in [-0.25, -0.2) is 9.78 Å². The summed E-state index contributed by atoms with van der Waals surface area (Å²) in [5, 5.41) is 5.86. The first kappa shape index (κ1) is 21.2. The molecule has 8 heteroatoms. The van der Waals surface area contributed by atoms with Crippen molar-refractivity contribution >= 4 is 28.9 Å². The van der Waals surface area contributed by atoms with Gasteiger partial charge < -0.3 is 15.6 Å². The summed E-state index contributed by atoms with van der Waals surface area (Å²) in [5.41, 5.74) is 2.52. The Hall–Kier alpha value is -3.68. The number of hydrogen-bond donors (Lipinski definition) is 3. The number of amides is 4. The molecule has 1 aromatic heterocycles. The van der Waals surface area contributed by atoms with Gasteiger partial charge in [-0.1, -0.05) is 50.2 Å². The van der Waals surface area contributed by atoms with E-state index in [-0.39, 0.29) is 24.4 Å². The number of rotatable bonds is 5. The predicted molar refractivity (Wildman–Crippen MR) is 123 cm³/mol. The third-order valence-corrected chi connectivity index (χ3v) is 6.64. The van der Waals surface area contributed by atoms with Crippen molar-refractivity contribution in [1.82, 2.24) is 25.5 Å². The van der Waals surface area contributed by atoms with Crippen LogP contribution in [0.1, 0.15) is 49.7 Å². The number of nitrogens with zero attached hydrogens (tertiary/aromatic N) is 2. The predicted octanol–water partition coefficient (Wildman–Crippen LogP) is 3.16. The summed E-state index contributed by atoms with van der Waals surface area (Å²) in [6, 6.07) is 14.5. The molecule has 1 aliphatic carbocycles. The van der Waals surface area contributed by atoms with Crippen molar-refractivity contribution in [2.75, 3.05) is 6.54 Å². The van der Waals surface area contributed by atoms with Crippen LogP contribution in [-0.4, -0.2) is 39.3 Å². The fourth-order valence-electron chi connectivity index (χ4n) is 4.99. The Kier molecular flexibility index (Phi) is 5.15. The molecular weight excluding hydrogens is 418 g/mol. The van der Waals surface area contributed by atoms with Crippen molar-refractivity contribution in [3.05, 3.63) is 65.5 Å². The molecule has 3 aromatic rings. The first-order valence-electron chi connectivity index (χ1n) is 11.4. The second kappa shape index (κ2) is 8.03. The summed E-state index contributed by atoms with van der Waals surface area (Å²) >= 11 is 0. The maximum absolute atomic E-state index is 13.4. The van der Waals surface area contributed by atoms with E-state index in [4.69, 9.17) is 0 Å². The first-order chi connectivity index (χ1) is 15.9. The van der Waals surface area contributed by atoms with Crippen LogP contribution in [-0.2, 0) is 21.5 Å². The van der Waals surface area contributed by atoms with E-state index >= 15 is 0 Å². The Labute approximate surface area is 191 Å². The minimum atomic E-state index is -1.08. The van der Waals surface area contributed by atoms with E-state index in [0.29, 0.717) is 12.2 Å². The van der Waals surface area contributed by atoms with E-state index < -0.39 is 17.5 Å². The van der Waals surface area contributed by atoms with Crippen LogP contribution in [0.3, 0.4) is 0 Å². The van der Waals surface area contributed by atoms with Crippen molar-refractivity contribution < 1.29 is 14.4 Å². The summed E-state index contributed by atoms with van der Waals surface area (Å²) in [7, 11) is 0. The van der Waals surface area contributed by atoms with E-state index in [1.54, 1.807) is 0 Å². The number of aryl methyl sites for hydroxylation is 1. The highest BCUT2D eigenvalue weighted by Gasteiger charge is 2.54. The molecule has 0 bridgehead atoms. The number of aromatic amines is 1. The molecule has 1 spiro atoms. The monoisotopic (exact) mass is 445 g/mol. The van der Waals surface area contributed by atoms with Gasteiger partial charge in [0.15, 0.2) is 0 Å². The van der Waals surface area contributed by atoms with Crippen LogP contribution < -0.4 is 10.6 Å². The number of fused-ring (bicyclic) bond motifs is 3. The Morgan fingerprint density at radius 3 is 2.70 bits per heavy atom. The molecule has 170 valence electrons. The topological polar surface area (TPSA) is 107 Å². The number of imidazole rings is 1. The number of nitrogens with one attached hydrogen (secondary N) is 3. The molecular formula is C25H27N5O3. The SMILES string of the molecule is CC(C)C(NC(=O)CN1C(=O)NC2(CCCc3ccccc32)C1=O)c1nc2ccccc2[nH]1. The molecule has 2 unspecified atom stereocenters. The molecule has 0 saturated carbocycles. The normalized spacial score (nSPS) is 20.9. The number of imide groups is 1. The summed E-state index contributed by atoms with van der Waals surface area (Å²) in [6.45, 7) is 3.64. The highest BCUT2D eigenvalue weighted by atomic mass is 16.2. The van der Waals surface area contributed by atoms with E-state index in [1.807, 2.05) is 62.4 Å². The Bertz CT molecular complexity index is 1220. The number of H-pyrrole nitrogens is 1. The van der Waals surface area contributed by atoms with Crippen LogP contribution in [0.25, 0.3) is 11.0 Å². The summed E-state index contributed by atoms with van der Waals surface area (Å²) in [6.07, 6.45) is 2.19. The molecule has 4 amide bonds. The number of urea groups is 1. The van der Waals surface area contributed by atoms with Crippen LogP contribution in [0.15, 0.2) is 48.5 Å². The molecule has 3 N–H and O–H groups in total. The molecule has 0 radical (unpaired) electrons. The minimum absolute atomic E-state index is 0.0502. The highest BCUT2D eigenvalue weighted by Crippen LogP contribution is 2.39. The summed E-state index contributed by atoms with van der Waals surface area (Å²) in [5.74, 6) is -0.0676. The lowest BCUT2D eigenvalue weighted by Gasteiger charge is -2.33. The molecule has 1 saturated heterocycles. The zero-order valence-corrected chi connectivity index (χ0v) is 18.7. The summed E-state index contributed by atoms with van der Waals surface area (Å²) < 4.78 is 0. The van der Waals surface area contributed by atoms with Gasteiger partial charge in [0.2, 0.25) is 5.91 Å². The number of aromatic nitrogens is 2. The Balaban J connectivity index is 1.35. The minimum Gasteiger partial charge on any atom is -0.344 e. The van der Waals surface area contributed by atoms with Gasteiger partial charge in [-0.15, -0.1) is 0 Å². The fourth-order valence-corrected chi connectivity index (χ4v) is 4.99. The van der Waals surface area contributed by atoms with Crippen LogP contribution in [0, 0.1) is 5.92 Å². The van der Waals surface area contributed by atoms with Gasteiger partial charge in [-0.2, -0.15) is 0 Å². The van der Waals surface area contributed by atoms with Gasteiger partial charge in [-0.05, 0) is 48.4 Å². The standard InChI is InChI=1S/C25H27N5O3/c1-15(2)21(22-26-18-11-5-6-12-19(18)27-22)28-20(31)14-30-23(32)25(29-24(30)33)13-7-9-16-8-3-4-10-17(16)25/h3-6,8,10-12,15,21H,7,9,13-14H2,1-2H3,(H,26,27)(H,28,31)(H,29,33). The first-order valence-corrected chi connectivity index (χ1v) is 11.4. The largest absolute Gasteiger partial charge is 0.344 e. The molecule has 2 aromatic carbocycles. The average molecular weight is 446 g/mol. The van der Waals surface area contributed by atoms with Gasteiger partial charge in [0, 0.05) is 0 Å². The van der Waals surface area contributed by atoms with E-state index in [2.05, 4.69) is 20.6 Å². The van der Waals surface area contributed by atoms with Gasteiger partial charge >= 0.3 is 6.03 Å². The van der Waals surface area contributed by atoms with Crippen molar-refractivity contribution in [2.45, 2.75) is 44.7 Å². The molecule has 33 heavy (non-hydrogen) atoms. The molecule has 1 fully saturated rings. The highest BCUT2D eigenvalue weighted by molar-refractivity contribution is 6.09. The van der Waals surface area contributed by atoms with E-state index in [9.17, 15) is 14.4 Å². The van der Waals surface area contributed by atoms with Crippen LogP contribution >= 0.6 is 0 Å². The summed E-state index contributed by atoms with van der Waals surface area (Å²) in [4.78, 5) is 48.1. The Morgan fingerprint density at radius 2 is 1.91 bits per heavy atom. The average Bonchev–Trinajstić information content (AvgIpc) is 3.33. The third kappa shape index (κ3) is 3.55. The second-order valence-corrected chi connectivity index (χ2v) is 9.17. The lowest BCUT2D eigenvalue weighted by atomic mass is 9.76. The number of carbonyl (C=O) groups excluding carboxylic acids is 3. The number of para-hydroxylation sites is 2. The molecule has 1 aliphatic heterocycles. The third-order valence-electron chi connectivity index (χ3n) is 6.64. The molecule has 2 heterocycles. The smallest absolute Gasteiger partial charge is 0.325 e. The number of hydrogen-bond acceptors (Lipinski definition) is 4. The zero-order valence-electron chi connectivity index (χ0n) is 18.7. The quantitative estimate of drug-likeness (QED) is 0.525. The van der Waals surface area contributed by atoms with Crippen molar-refractivity contribution in [1.29, 1.82) is 0 Å². The Morgan fingerprint density at radius 1 is 1.15 bits per heavy atom. The van der Waals surface area contributed by atoms with Gasteiger partial charge in [-0.3, -0.25) is 14.5 Å². The maximum Gasteiger partial charge on any atom is 0.325 e. The van der Waals surface area contributed by atoms with Crippen molar-refractivity contribution in [3.8, 4) is 0 Å². The second-order valence-electron chi connectivity index (χ2n) is 9.17. The molecule has 2 aliphatic rings. The van der Waals surface area contributed by atoms with Gasteiger partial charge in [0.05, 0.1) is 17.1 Å². The maximum atomic E-state index is 13.4. The van der Waals surface area contributed by atoms with Crippen LogP contribution in [0.4, 0.5) is 4.79 Å². The molecule has 8 nitrogen and oxygen atoms in total. The van der Waals surface area contributed by atoms with Crippen LogP contribution in [0.5, 0.6) is 0 Å². The lowest BCUT2D eigenvalue weighted by molar-refractivity contribution is -0.136. The molecule has 5 rings (SSSR count). The van der Waals surface area contributed by atoms with E-state index in [1.165, 1.54) is 0 Å². The van der Waals surface area contributed by atoms with Crippen molar-refractivity contribution in [2.24, 2.45) is 5.92 Å².